The summed E-state index contributed by atoms with van der Waals surface area (Å²) in [5.74, 6) is 0.574. The van der Waals surface area contributed by atoms with Crippen molar-refractivity contribution in [3.8, 4) is 5.75 Å². The van der Waals surface area contributed by atoms with E-state index in [-0.39, 0.29) is 18.3 Å². The maximum atomic E-state index is 9.00. The monoisotopic (exact) mass is 166 g/mol. The molecule has 0 bridgehead atoms. The molecule has 12 heavy (non-hydrogen) atoms. The van der Waals surface area contributed by atoms with Crippen LogP contribution in [0.15, 0.2) is 24.3 Å². The van der Waals surface area contributed by atoms with E-state index in [0.717, 1.165) is 12.0 Å². The molecule has 0 unspecified atom stereocenters. The number of aromatic hydroxyl groups is 1. The summed E-state index contributed by atoms with van der Waals surface area (Å²) in [6.45, 7) is 2.20. The first-order chi connectivity index (χ1) is 5.72. The maximum absolute atomic E-state index is 9.00. The molecule has 1 atom stereocenters. The number of benzene rings is 1. The number of aliphatic hydroxyl groups is 1. The van der Waals surface area contributed by atoms with E-state index in [0.29, 0.717) is 0 Å². The predicted molar refractivity (Wildman–Crippen MR) is 48.1 cm³/mol. The van der Waals surface area contributed by atoms with Crippen molar-refractivity contribution in [2.45, 2.75) is 13.3 Å². The number of hydrogen-bond acceptors (Lipinski definition) is 2. The minimum Gasteiger partial charge on any atom is -0.508 e. The van der Waals surface area contributed by atoms with Gasteiger partial charge in [-0.2, -0.15) is 0 Å². The lowest BCUT2D eigenvalue weighted by atomic mass is 10.0. The average molecular weight is 166 g/mol. The molecule has 2 heteroatoms. The molecule has 0 aromatic heterocycles. The van der Waals surface area contributed by atoms with Crippen molar-refractivity contribution in [3.63, 3.8) is 0 Å². The highest BCUT2D eigenvalue weighted by atomic mass is 16.3. The first kappa shape index (κ1) is 9.07. The summed E-state index contributed by atoms with van der Waals surface area (Å²) >= 11 is 0. The van der Waals surface area contributed by atoms with Crippen LogP contribution in [0.1, 0.15) is 12.5 Å². The van der Waals surface area contributed by atoms with Crippen molar-refractivity contribution in [2.75, 3.05) is 6.61 Å². The largest absolute Gasteiger partial charge is 0.508 e. The van der Waals surface area contributed by atoms with Crippen molar-refractivity contribution < 1.29 is 10.2 Å². The van der Waals surface area contributed by atoms with Crippen molar-refractivity contribution in [1.82, 2.24) is 0 Å². The highest BCUT2D eigenvalue weighted by Crippen LogP contribution is 2.12. The SMILES string of the molecule is C[C@H](CO)Cc1ccc(O)cc1. The fraction of sp³-hybridized carbons (Fsp3) is 0.400. The van der Waals surface area contributed by atoms with Gasteiger partial charge in [-0.3, -0.25) is 0 Å². The van der Waals surface area contributed by atoms with E-state index in [1.165, 1.54) is 0 Å². The quantitative estimate of drug-likeness (QED) is 0.715. The molecule has 0 heterocycles. The normalized spacial score (nSPS) is 12.8. The lowest BCUT2D eigenvalue weighted by Gasteiger charge is -2.06. The summed E-state index contributed by atoms with van der Waals surface area (Å²) in [5, 5.41) is 17.8. The van der Waals surface area contributed by atoms with Crippen LogP contribution in [0, 0.1) is 5.92 Å². The molecule has 0 aliphatic rings. The summed E-state index contributed by atoms with van der Waals surface area (Å²) in [6.07, 6.45) is 0.858. The van der Waals surface area contributed by atoms with Gasteiger partial charge in [-0.25, -0.2) is 0 Å². The minimum atomic E-state index is 0.209. The smallest absolute Gasteiger partial charge is 0.115 e. The summed E-state index contributed by atoms with van der Waals surface area (Å²) in [6, 6.07) is 7.09. The highest BCUT2D eigenvalue weighted by Gasteiger charge is 2.01. The second-order valence-corrected chi connectivity index (χ2v) is 3.16. The van der Waals surface area contributed by atoms with Crippen molar-refractivity contribution in [3.05, 3.63) is 29.8 Å². The summed E-state index contributed by atoms with van der Waals surface area (Å²) < 4.78 is 0. The lowest BCUT2D eigenvalue weighted by Crippen LogP contribution is -2.03. The van der Waals surface area contributed by atoms with Gasteiger partial charge in [-0.05, 0) is 30.0 Å². The van der Waals surface area contributed by atoms with Gasteiger partial charge in [0.25, 0.3) is 0 Å². The van der Waals surface area contributed by atoms with Gasteiger partial charge in [0, 0.05) is 6.61 Å². The molecule has 2 nitrogen and oxygen atoms in total. The van der Waals surface area contributed by atoms with Crippen LogP contribution < -0.4 is 0 Å². The van der Waals surface area contributed by atoms with Crippen molar-refractivity contribution in [2.24, 2.45) is 5.92 Å². The van der Waals surface area contributed by atoms with Gasteiger partial charge < -0.3 is 10.2 Å². The van der Waals surface area contributed by atoms with Crippen LogP contribution in [-0.2, 0) is 6.42 Å². The molecule has 1 rings (SSSR count). The van der Waals surface area contributed by atoms with Gasteiger partial charge in [0.15, 0.2) is 0 Å². The van der Waals surface area contributed by atoms with Crippen LogP contribution >= 0.6 is 0 Å². The summed E-state index contributed by atoms with van der Waals surface area (Å²) in [4.78, 5) is 0. The molecule has 66 valence electrons. The summed E-state index contributed by atoms with van der Waals surface area (Å²) in [5.41, 5.74) is 1.15. The third-order valence-corrected chi connectivity index (χ3v) is 1.83. The first-order valence-corrected chi connectivity index (χ1v) is 4.11. The Kier molecular flexibility index (Phi) is 3.11. The van der Waals surface area contributed by atoms with Crippen LogP contribution in [0.3, 0.4) is 0 Å². The van der Waals surface area contributed by atoms with E-state index in [2.05, 4.69) is 0 Å². The number of phenols is 1. The maximum Gasteiger partial charge on any atom is 0.115 e. The Morgan fingerprint density at radius 3 is 2.33 bits per heavy atom. The zero-order valence-electron chi connectivity index (χ0n) is 7.20. The fourth-order valence-corrected chi connectivity index (χ4v) is 1.10. The number of phenolic OH excluding ortho intramolecular Hbond substituents is 1. The molecule has 0 aliphatic carbocycles. The second-order valence-electron chi connectivity index (χ2n) is 3.16. The summed E-state index contributed by atoms with van der Waals surface area (Å²) in [7, 11) is 0. The van der Waals surface area contributed by atoms with Crippen LogP contribution in [0.2, 0.25) is 0 Å². The standard InChI is InChI=1S/C10H14O2/c1-8(7-11)6-9-2-4-10(12)5-3-9/h2-5,8,11-12H,6-7H2,1H3/t8-/m0/s1. The molecule has 2 N–H and O–H groups in total. The Balaban J connectivity index is 2.58. The fourth-order valence-electron chi connectivity index (χ4n) is 1.10. The third-order valence-electron chi connectivity index (χ3n) is 1.83. The lowest BCUT2D eigenvalue weighted by molar-refractivity contribution is 0.237. The van der Waals surface area contributed by atoms with E-state index >= 15 is 0 Å². The van der Waals surface area contributed by atoms with E-state index in [9.17, 15) is 0 Å². The van der Waals surface area contributed by atoms with Gasteiger partial charge in [-0.1, -0.05) is 19.1 Å². The second kappa shape index (κ2) is 4.12. The molecule has 1 aromatic rings. The Morgan fingerprint density at radius 1 is 1.25 bits per heavy atom. The average Bonchev–Trinajstić information content (AvgIpc) is 2.09. The van der Waals surface area contributed by atoms with Crippen LogP contribution in [-0.4, -0.2) is 16.8 Å². The molecule has 0 radical (unpaired) electrons. The van der Waals surface area contributed by atoms with Gasteiger partial charge in [0.1, 0.15) is 5.75 Å². The molecule has 1 aromatic carbocycles. The highest BCUT2D eigenvalue weighted by molar-refractivity contribution is 5.26. The van der Waals surface area contributed by atoms with E-state index in [4.69, 9.17) is 10.2 Å². The van der Waals surface area contributed by atoms with Gasteiger partial charge in [0.05, 0.1) is 0 Å². The molecular formula is C10H14O2. The third kappa shape index (κ3) is 2.55. The van der Waals surface area contributed by atoms with Crippen molar-refractivity contribution >= 4 is 0 Å². The zero-order chi connectivity index (χ0) is 8.97. The topological polar surface area (TPSA) is 40.5 Å². The van der Waals surface area contributed by atoms with Crippen LogP contribution in [0.25, 0.3) is 0 Å². The Labute approximate surface area is 72.5 Å². The van der Waals surface area contributed by atoms with Crippen molar-refractivity contribution in [1.29, 1.82) is 0 Å². The van der Waals surface area contributed by atoms with Gasteiger partial charge >= 0.3 is 0 Å². The van der Waals surface area contributed by atoms with E-state index in [1.807, 2.05) is 19.1 Å². The Bertz CT molecular complexity index is 228. The molecular weight excluding hydrogens is 152 g/mol. The van der Waals surface area contributed by atoms with Gasteiger partial charge in [0.2, 0.25) is 0 Å². The van der Waals surface area contributed by atoms with Gasteiger partial charge in [-0.15, -0.1) is 0 Å². The molecule has 0 saturated carbocycles. The number of hydrogen-bond donors (Lipinski definition) is 2. The Morgan fingerprint density at radius 2 is 1.83 bits per heavy atom. The number of aliphatic hydroxyl groups excluding tert-OH is 1. The molecule has 0 fully saturated rings. The molecule has 0 spiro atoms. The van der Waals surface area contributed by atoms with Crippen LogP contribution in [0.4, 0.5) is 0 Å². The van der Waals surface area contributed by atoms with E-state index < -0.39 is 0 Å². The first-order valence-electron chi connectivity index (χ1n) is 4.11. The predicted octanol–water partition coefficient (Wildman–Crippen LogP) is 1.56. The number of rotatable bonds is 3. The molecule has 0 aliphatic heterocycles. The van der Waals surface area contributed by atoms with Crippen LogP contribution in [0.5, 0.6) is 5.75 Å². The minimum absolute atomic E-state index is 0.209. The zero-order valence-corrected chi connectivity index (χ0v) is 7.20. The van der Waals surface area contributed by atoms with E-state index in [1.54, 1.807) is 12.1 Å². The Hall–Kier alpha value is -1.02. The molecule has 0 amide bonds. The molecule has 0 saturated heterocycles.